The Morgan fingerprint density at radius 1 is 1.15 bits per heavy atom. The summed E-state index contributed by atoms with van der Waals surface area (Å²) in [6.07, 6.45) is 7.45. The number of Topliss-reactive ketones (excluding diaryl/α,β-unsaturated/α-hetero) is 1. The van der Waals surface area contributed by atoms with E-state index in [1.54, 1.807) is 29.4 Å². The van der Waals surface area contributed by atoms with Gasteiger partial charge in [-0.05, 0) is 23.3 Å². The van der Waals surface area contributed by atoms with Crippen LogP contribution in [-0.2, 0) is 4.79 Å². The zero-order chi connectivity index (χ0) is 14.5. The van der Waals surface area contributed by atoms with Crippen molar-refractivity contribution in [3.8, 4) is 11.1 Å². The molecule has 0 aliphatic carbocycles. The molecule has 0 atom stereocenters. The Morgan fingerprint density at radius 3 is 2.20 bits per heavy atom. The lowest BCUT2D eigenvalue weighted by Crippen LogP contribution is -2.36. The topological polar surface area (TPSA) is 54.1 Å². The minimum Gasteiger partial charge on any atom is -0.506 e. The second kappa shape index (κ2) is 6.10. The zero-order valence-electron chi connectivity index (χ0n) is 11.6. The second-order valence-corrected chi connectivity index (χ2v) is 4.44. The van der Waals surface area contributed by atoms with Gasteiger partial charge in [0.2, 0.25) is 5.78 Å². The summed E-state index contributed by atoms with van der Waals surface area (Å²) in [5, 5.41) is 9.86. The highest BCUT2D eigenvalue weighted by Gasteiger charge is 2.20. The molecule has 0 unspecified atom stereocenters. The third-order valence-electron chi connectivity index (χ3n) is 3.04. The molecule has 0 spiro atoms. The highest BCUT2D eigenvalue weighted by Crippen LogP contribution is 2.16. The molecule has 0 aliphatic heterocycles. The smallest absolute Gasteiger partial charge is 0.291 e. The van der Waals surface area contributed by atoms with Crippen molar-refractivity contribution < 1.29 is 14.5 Å². The predicted molar refractivity (Wildman–Crippen MR) is 76.7 cm³/mol. The number of hydrogen-bond donors (Lipinski definition) is 1. The molecule has 0 amide bonds. The molecular formula is C16H17N2O2+. The molecule has 4 heteroatoms. The summed E-state index contributed by atoms with van der Waals surface area (Å²) in [7, 11) is 0. The van der Waals surface area contributed by atoms with E-state index in [1.165, 1.54) is 6.92 Å². The number of rotatable bonds is 4. The van der Waals surface area contributed by atoms with Crippen molar-refractivity contribution in [1.82, 2.24) is 4.98 Å². The van der Waals surface area contributed by atoms with E-state index in [4.69, 9.17) is 0 Å². The van der Waals surface area contributed by atoms with E-state index in [1.807, 2.05) is 31.2 Å². The Morgan fingerprint density at radius 2 is 1.70 bits per heavy atom. The van der Waals surface area contributed by atoms with Crippen LogP contribution in [-0.4, -0.2) is 15.9 Å². The number of carbonyl (C=O) groups excluding carboxylic acids is 1. The fourth-order valence-electron chi connectivity index (χ4n) is 2.01. The van der Waals surface area contributed by atoms with E-state index < -0.39 is 0 Å². The Balaban J connectivity index is 2.40. The molecule has 4 nitrogen and oxygen atoms in total. The number of hydrogen-bond acceptors (Lipinski definition) is 3. The third kappa shape index (κ3) is 2.91. The summed E-state index contributed by atoms with van der Waals surface area (Å²) in [5.41, 5.74) is 2.40. The van der Waals surface area contributed by atoms with Crippen molar-refractivity contribution in [2.75, 3.05) is 0 Å². The lowest BCUT2D eigenvalue weighted by Gasteiger charge is -2.03. The van der Waals surface area contributed by atoms with Crippen molar-refractivity contribution in [3.63, 3.8) is 0 Å². The van der Waals surface area contributed by atoms with Crippen LogP contribution in [0.2, 0.25) is 0 Å². The van der Waals surface area contributed by atoms with Gasteiger partial charge in [-0.3, -0.25) is 9.78 Å². The van der Waals surface area contributed by atoms with Gasteiger partial charge in [0.15, 0.2) is 18.2 Å². The summed E-state index contributed by atoms with van der Waals surface area (Å²) in [5.74, 6) is -0.0647. The molecule has 0 aliphatic rings. The van der Waals surface area contributed by atoms with E-state index in [2.05, 4.69) is 4.98 Å². The van der Waals surface area contributed by atoms with Crippen LogP contribution in [0.5, 0.6) is 0 Å². The van der Waals surface area contributed by atoms with Crippen molar-refractivity contribution in [2.45, 2.75) is 20.3 Å². The average molecular weight is 269 g/mol. The van der Waals surface area contributed by atoms with Gasteiger partial charge in [0.05, 0.1) is 0 Å². The highest BCUT2D eigenvalue weighted by molar-refractivity contribution is 6.10. The van der Waals surface area contributed by atoms with Gasteiger partial charge in [0.1, 0.15) is 0 Å². The number of allylic oxidation sites excluding steroid dienone is 2. The Bertz CT molecular complexity index is 631. The molecule has 0 saturated carbocycles. The number of nitrogens with zero attached hydrogens (tertiary/aromatic N) is 2. The van der Waals surface area contributed by atoms with Gasteiger partial charge in [-0.25, -0.2) is 0 Å². The van der Waals surface area contributed by atoms with Crippen LogP contribution < -0.4 is 4.57 Å². The summed E-state index contributed by atoms with van der Waals surface area (Å²) < 4.78 is 1.64. The van der Waals surface area contributed by atoms with Crippen LogP contribution in [0, 0.1) is 0 Å². The molecule has 0 saturated heterocycles. The summed E-state index contributed by atoms with van der Waals surface area (Å²) in [6.45, 7) is 3.26. The minimum absolute atomic E-state index is 0.0964. The molecule has 0 bridgehead atoms. The fourth-order valence-corrected chi connectivity index (χ4v) is 2.01. The van der Waals surface area contributed by atoms with Crippen molar-refractivity contribution in [1.29, 1.82) is 0 Å². The normalized spacial score (nSPS) is 11.9. The molecule has 2 aromatic rings. The molecular weight excluding hydrogens is 252 g/mol. The fraction of sp³-hybridized carbons (Fsp3) is 0.188. The monoisotopic (exact) mass is 269 g/mol. The molecule has 2 aromatic heterocycles. The maximum absolute atomic E-state index is 11.7. The summed E-state index contributed by atoms with van der Waals surface area (Å²) >= 11 is 0. The quantitative estimate of drug-likeness (QED) is 0.527. The van der Waals surface area contributed by atoms with Gasteiger partial charge in [0, 0.05) is 37.9 Å². The predicted octanol–water partition coefficient (Wildman–Crippen LogP) is 2.76. The lowest BCUT2D eigenvalue weighted by molar-refractivity contribution is -0.578. The standard InChI is InChI=1S/C16H16N2O2/c1-3-15(20)16(12(2)19)18-10-6-14(7-11-18)13-4-8-17-9-5-13/h4-11H,3H2,1-2H3/p+1. The molecule has 0 fully saturated rings. The van der Waals surface area contributed by atoms with Gasteiger partial charge in [-0.1, -0.05) is 6.92 Å². The average Bonchev–Trinajstić information content (AvgIpc) is 2.48. The Labute approximate surface area is 118 Å². The van der Waals surface area contributed by atoms with E-state index in [0.717, 1.165) is 11.1 Å². The van der Waals surface area contributed by atoms with Crippen LogP contribution in [0.25, 0.3) is 16.8 Å². The Hall–Kier alpha value is -2.49. The van der Waals surface area contributed by atoms with Crippen LogP contribution >= 0.6 is 0 Å². The van der Waals surface area contributed by atoms with E-state index in [9.17, 15) is 9.90 Å². The van der Waals surface area contributed by atoms with Gasteiger partial charge in [-0.2, -0.15) is 4.57 Å². The molecule has 1 N–H and O–H groups in total. The molecule has 20 heavy (non-hydrogen) atoms. The van der Waals surface area contributed by atoms with Crippen LogP contribution in [0.3, 0.4) is 0 Å². The van der Waals surface area contributed by atoms with E-state index in [0.29, 0.717) is 12.1 Å². The SMILES string of the molecule is CC/C(O)=C(\C(C)=O)[n+]1ccc(-c2ccncc2)cc1. The summed E-state index contributed by atoms with van der Waals surface area (Å²) in [6, 6.07) is 7.65. The second-order valence-electron chi connectivity index (χ2n) is 4.44. The van der Waals surface area contributed by atoms with Crippen molar-refractivity contribution >= 4 is 11.5 Å². The molecule has 102 valence electrons. The first kappa shape index (κ1) is 13.9. The number of pyridine rings is 2. The number of carbonyl (C=O) groups is 1. The molecule has 0 aromatic carbocycles. The highest BCUT2D eigenvalue weighted by atomic mass is 16.3. The maximum Gasteiger partial charge on any atom is 0.291 e. The number of ketones is 1. The first-order valence-corrected chi connectivity index (χ1v) is 6.48. The van der Waals surface area contributed by atoms with Crippen molar-refractivity contribution in [3.05, 3.63) is 54.8 Å². The van der Waals surface area contributed by atoms with Gasteiger partial charge in [0.25, 0.3) is 5.70 Å². The van der Waals surface area contributed by atoms with E-state index in [-0.39, 0.29) is 11.5 Å². The number of aromatic nitrogens is 2. The van der Waals surface area contributed by atoms with Crippen LogP contribution in [0.4, 0.5) is 0 Å². The summed E-state index contributed by atoms with van der Waals surface area (Å²) in [4.78, 5) is 15.6. The van der Waals surface area contributed by atoms with Crippen molar-refractivity contribution in [2.24, 2.45) is 0 Å². The van der Waals surface area contributed by atoms with Crippen LogP contribution in [0.15, 0.2) is 54.8 Å². The first-order valence-electron chi connectivity index (χ1n) is 6.48. The Kier molecular flexibility index (Phi) is 4.25. The van der Waals surface area contributed by atoms with E-state index >= 15 is 0 Å². The zero-order valence-corrected chi connectivity index (χ0v) is 11.6. The first-order chi connectivity index (χ1) is 9.63. The minimum atomic E-state index is -0.161. The maximum atomic E-state index is 11.7. The van der Waals surface area contributed by atoms with Crippen LogP contribution in [0.1, 0.15) is 20.3 Å². The number of aliphatic hydroxyl groups excluding tert-OH is 1. The third-order valence-corrected chi connectivity index (χ3v) is 3.04. The van der Waals surface area contributed by atoms with Gasteiger partial charge < -0.3 is 5.11 Å². The largest absolute Gasteiger partial charge is 0.506 e. The van der Waals surface area contributed by atoms with Gasteiger partial charge >= 0.3 is 0 Å². The molecule has 2 rings (SSSR count). The molecule has 2 heterocycles. The number of aliphatic hydroxyl groups is 1. The molecule has 0 radical (unpaired) electrons. The lowest BCUT2D eigenvalue weighted by atomic mass is 10.1. The van der Waals surface area contributed by atoms with Gasteiger partial charge in [-0.15, -0.1) is 0 Å².